The van der Waals surface area contributed by atoms with Gasteiger partial charge in [0, 0.05) is 31.2 Å². The molecule has 1 aromatic carbocycles. The molecule has 98 valence electrons. The second-order valence-electron chi connectivity index (χ2n) is 5.10. The molecule has 1 heterocycles. The Morgan fingerprint density at radius 2 is 2.22 bits per heavy atom. The molecule has 2 rings (SSSR count). The molecular weight excluding hydrogens is 237 g/mol. The fourth-order valence-corrected chi connectivity index (χ4v) is 2.30. The molecule has 0 saturated carbocycles. The Hall–Kier alpha value is -1.69. The largest absolute Gasteiger partial charge is 0.360 e. The summed E-state index contributed by atoms with van der Waals surface area (Å²) in [6.07, 6.45) is 0. The van der Waals surface area contributed by atoms with Gasteiger partial charge in [0.05, 0.1) is 4.92 Å². The van der Waals surface area contributed by atoms with E-state index in [0.29, 0.717) is 19.6 Å². The smallest absolute Gasteiger partial charge is 0.295 e. The molecule has 1 fully saturated rings. The molecule has 1 aromatic rings. The maximum atomic E-state index is 13.9. The lowest BCUT2D eigenvalue weighted by atomic mass is 10.0. The predicted molar refractivity (Wildman–Crippen MR) is 67.3 cm³/mol. The number of hydrogen-bond donors (Lipinski definition) is 1. The van der Waals surface area contributed by atoms with E-state index in [-0.39, 0.29) is 16.9 Å². The summed E-state index contributed by atoms with van der Waals surface area (Å²) in [7, 11) is 0. The minimum atomic E-state index is -0.540. The highest BCUT2D eigenvalue weighted by Gasteiger charge is 2.31. The van der Waals surface area contributed by atoms with Gasteiger partial charge >= 0.3 is 0 Å². The van der Waals surface area contributed by atoms with Gasteiger partial charge < -0.3 is 10.2 Å². The Kier molecular flexibility index (Phi) is 3.21. The maximum absolute atomic E-state index is 13.9. The molecule has 1 saturated heterocycles. The van der Waals surface area contributed by atoms with E-state index in [9.17, 15) is 14.5 Å². The van der Waals surface area contributed by atoms with Crippen LogP contribution in [0.5, 0.6) is 0 Å². The van der Waals surface area contributed by atoms with Gasteiger partial charge in [0.15, 0.2) is 11.5 Å². The van der Waals surface area contributed by atoms with E-state index in [0.717, 1.165) is 0 Å². The molecule has 0 aliphatic carbocycles. The molecule has 5 nitrogen and oxygen atoms in total. The van der Waals surface area contributed by atoms with Gasteiger partial charge in [-0.2, -0.15) is 0 Å². The number of nitrogens with zero attached hydrogens (tertiary/aromatic N) is 2. The Morgan fingerprint density at radius 3 is 2.83 bits per heavy atom. The quantitative estimate of drug-likeness (QED) is 0.646. The number of benzene rings is 1. The highest BCUT2D eigenvalue weighted by atomic mass is 19.1. The van der Waals surface area contributed by atoms with E-state index in [1.807, 2.05) is 13.8 Å². The van der Waals surface area contributed by atoms with Crippen molar-refractivity contribution in [2.24, 2.45) is 0 Å². The Bertz CT molecular complexity index is 476. The molecule has 1 aliphatic rings. The normalized spacial score (nSPS) is 18.7. The van der Waals surface area contributed by atoms with Crippen molar-refractivity contribution >= 4 is 11.4 Å². The summed E-state index contributed by atoms with van der Waals surface area (Å²) in [5, 5.41) is 14.3. The first-order valence-electron chi connectivity index (χ1n) is 5.83. The van der Waals surface area contributed by atoms with Gasteiger partial charge in [0.25, 0.3) is 5.69 Å². The number of halogens is 1. The number of piperazine rings is 1. The molecule has 0 spiro atoms. The summed E-state index contributed by atoms with van der Waals surface area (Å²) in [6, 6.07) is 3.97. The molecule has 0 bridgehead atoms. The van der Waals surface area contributed by atoms with Gasteiger partial charge in [-0.05, 0) is 19.9 Å². The lowest BCUT2D eigenvalue weighted by molar-refractivity contribution is -0.384. The monoisotopic (exact) mass is 253 g/mol. The van der Waals surface area contributed by atoms with Crippen LogP contribution in [0, 0.1) is 15.9 Å². The van der Waals surface area contributed by atoms with Gasteiger partial charge in [-0.1, -0.05) is 6.07 Å². The van der Waals surface area contributed by atoms with E-state index in [2.05, 4.69) is 5.32 Å². The number of nitrogens with one attached hydrogen (secondary N) is 1. The third-order valence-electron chi connectivity index (χ3n) is 3.05. The van der Waals surface area contributed by atoms with Crippen LogP contribution in [0.3, 0.4) is 0 Å². The zero-order valence-electron chi connectivity index (χ0n) is 10.4. The van der Waals surface area contributed by atoms with E-state index in [1.54, 1.807) is 4.90 Å². The standard InChI is InChI=1S/C12H16FN3O2/c1-12(2)8-15(7-6-14-12)11-9(13)4-3-5-10(11)16(17)18/h3-5,14H,6-8H2,1-2H3. The van der Waals surface area contributed by atoms with Crippen LogP contribution >= 0.6 is 0 Å². The lowest BCUT2D eigenvalue weighted by Crippen LogP contribution is -2.57. The van der Waals surface area contributed by atoms with Crippen LogP contribution in [0.25, 0.3) is 0 Å². The molecule has 0 radical (unpaired) electrons. The predicted octanol–water partition coefficient (Wildman–Crippen LogP) is 1.92. The first-order valence-corrected chi connectivity index (χ1v) is 5.83. The average molecular weight is 253 g/mol. The van der Waals surface area contributed by atoms with Crippen molar-refractivity contribution in [3.63, 3.8) is 0 Å². The van der Waals surface area contributed by atoms with Crippen LogP contribution in [-0.4, -0.2) is 30.1 Å². The fraction of sp³-hybridized carbons (Fsp3) is 0.500. The van der Waals surface area contributed by atoms with E-state index >= 15 is 0 Å². The van der Waals surface area contributed by atoms with Gasteiger partial charge in [-0.15, -0.1) is 0 Å². The van der Waals surface area contributed by atoms with Crippen LogP contribution in [0.2, 0.25) is 0 Å². The van der Waals surface area contributed by atoms with E-state index < -0.39 is 10.7 Å². The van der Waals surface area contributed by atoms with Crippen molar-refractivity contribution in [2.45, 2.75) is 19.4 Å². The third kappa shape index (κ3) is 2.43. The Labute approximate surface area is 105 Å². The number of nitro benzene ring substituents is 1. The summed E-state index contributed by atoms with van der Waals surface area (Å²) in [5.74, 6) is -0.540. The second kappa shape index (κ2) is 4.53. The summed E-state index contributed by atoms with van der Waals surface area (Å²) in [5.41, 5.74) is -0.265. The van der Waals surface area contributed by atoms with Crippen molar-refractivity contribution in [3.8, 4) is 0 Å². The number of para-hydroxylation sites is 1. The highest BCUT2D eigenvalue weighted by Crippen LogP contribution is 2.32. The van der Waals surface area contributed by atoms with Crippen molar-refractivity contribution < 1.29 is 9.31 Å². The summed E-state index contributed by atoms with van der Waals surface area (Å²) < 4.78 is 13.9. The molecule has 0 aromatic heterocycles. The number of hydrogen-bond acceptors (Lipinski definition) is 4. The van der Waals surface area contributed by atoms with Crippen LogP contribution < -0.4 is 10.2 Å². The molecular formula is C12H16FN3O2. The molecule has 0 atom stereocenters. The summed E-state index contributed by atoms with van der Waals surface area (Å²) in [4.78, 5) is 12.2. The zero-order valence-corrected chi connectivity index (χ0v) is 10.4. The number of anilines is 1. The summed E-state index contributed by atoms with van der Waals surface area (Å²) in [6.45, 7) is 5.76. The molecule has 18 heavy (non-hydrogen) atoms. The van der Waals surface area contributed by atoms with Crippen molar-refractivity contribution in [1.82, 2.24) is 5.32 Å². The van der Waals surface area contributed by atoms with Gasteiger partial charge in [-0.3, -0.25) is 10.1 Å². The minimum Gasteiger partial charge on any atom is -0.360 e. The van der Waals surface area contributed by atoms with Crippen molar-refractivity contribution in [1.29, 1.82) is 0 Å². The Balaban J connectivity index is 2.41. The Morgan fingerprint density at radius 1 is 1.50 bits per heavy atom. The minimum absolute atomic E-state index is 0.0945. The lowest BCUT2D eigenvalue weighted by Gasteiger charge is -2.40. The van der Waals surface area contributed by atoms with Crippen LogP contribution in [-0.2, 0) is 0 Å². The molecule has 6 heteroatoms. The van der Waals surface area contributed by atoms with E-state index in [4.69, 9.17) is 0 Å². The first kappa shape index (κ1) is 12.8. The third-order valence-corrected chi connectivity index (χ3v) is 3.05. The van der Waals surface area contributed by atoms with Gasteiger partial charge in [0.2, 0.25) is 0 Å². The van der Waals surface area contributed by atoms with Crippen molar-refractivity contribution in [2.75, 3.05) is 24.5 Å². The van der Waals surface area contributed by atoms with E-state index in [1.165, 1.54) is 18.2 Å². The van der Waals surface area contributed by atoms with Crippen molar-refractivity contribution in [3.05, 3.63) is 34.1 Å². The SMILES string of the molecule is CC1(C)CN(c2c(F)cccc2[N+](=O)[O-])CCN1. The maximum Gasteiger partial charge on any atom is 0.295 e. The van der Waals surface area contributed by atoms with Crippen LogP contribution in [0.1, 0.15) is 13.8 Å². The molecule has 0 unspecified atom stereocenters. The average Bonchev–Trinajstić information content (AvgIpc) is 2.27. The highest BCUT2D eigenvalue weighted by molar-refractivity contribution is 5.64. The van der Waals surface area contributed by atoms with Gasteiger partial charge in [0.1, 0.15) is 0 Å². The first-order chi connectivity index (χ1) is 8.41. The number of rotatable bonds is 2. The van der Waals surface area contributed by atoms with Crippen LogP contribution in [0.15, 0.2) is 18.2 Å². The van der Waals surface area contributed by atoms with Gasteiger partial charge in [-0.25, -0.2) is 4.39 Å². The summed E-state index contributed by atoms with van der Waals surface area (Å²) >= 11 is 0. The molecule has 1 aliphatic heterocycles. The second-order valence-corrected chi connectivity index (χ2v) is 5.10. The molecule has 1 N–H and O–H groups in total. The number of nitro groups is 1. The fourth-order valence-electron chi connectivity index (χ4n) is 2.30. The topological polar surface area (TPSA) is 58.4 Å². The zero-order chi connectivity index (χ0) is 13.3. The van der Waals surface area contributed by atoms with Crippen LogP contribution in [0.4, 0.5) is 15.8 Å². The molecule has 0 amide bonds.